The molecule has 0 fully saturated rings. The number of allylic oxidation sites excluding steroid dienone is 1. The third kappa shape index (κ3) is 4.17. The molecule has 2 heterocycles. The zero-order valence-corrected chi connectivity index (χ0v) is 15.4. The van der Waals surface area contributed by atoms with E-state index in [1.54, 1.807) is 41.8 Å². The number of halogens is 1. The molecule has 3 rings (SSSR count). The third-order valence-electron chi connectivity index (χ3n) is 3.81. The van der Waals surface area contributed by atoms with Crippen molar-refractivity contribution in [2.24, 2.45) is 0 Å². The van der Waals surface area contributed by atoms with Gasteiger partial charge in [0.15, 0.2) is 5.78 Å². The number of furan rings is 1. The summed E-state index contributed by atoms with van der Waals surface area (Å²) in [5.74, 6) is -1.22. The van der Waals surface area contributed by atoms with Gasteiger partial charge < -0.3 is 9.52 Å². The molecule has 1 aromatic carbocycles. The molecule has 0 saturated heterocycles. The number of Topliss-reactive ketones (excluding diaryl/α,β-unsaturated/α-hetero) is 1. The van der Waals surface area contributed by atoms with E-state index in [0.29, 0.717) is 26.8 Å². The lowest BCUT2D eigenvalue weighted by atomic mass is 10.00. The minimum atomic E-state index is -1.13. The zero-order chi connectivity index (χ0) is 19.4. The molecule has 0 atom stereocenters. The third-order valence-corrected chi connectivity index (χ3v) is 5.05. The molecule has 5 nitrogen and oxygen atoms in total. The number of benzene rings is 1. The maximum absolute atomic E-state index is 12.5. The van der Waals surface area contributed by atoms with E-state index in [-0.39, 0.29) is 17.6 Å². The molecule has 2 aromatic heterocycles. The van der Waals surface area contributed by atoms with Crippen LogP contribution in [-0.2, 0) is 11.2 Å². The minimum Gasteiger partial charge on any atom is -0.478 e. The molecular weight excluding hydrogens is 386 g/mol. The molecule has 0 aliphatic carbocycles. The molecule has 0 aliphatic rings. The number of rotatable bonds is 6. The number of carboxylic acids is 1. The molecule has 27 heavy (non-hydrogen) atoms. The van der Waals surface area contributed by atoms with Crippen molar-refractivity contribution in [1.82, 2.24) is 0 Å². The quantitative estimate of drug-likeness (QED) is 0.462. The van der Waals surface area contributed by atoms with E-state index >= 15 is 0 Å². The number of nitriles is 1. The topological polar surface area (TPSA) is 91.3 Å². The van der Waals surface area contributed by atoms with E-state index < -0.39 is 11.8 Å². The Morgan fingerprint density at radius 2 is 2.00 bits per heavy atom. The Morgan fingerprint density at radius 3 is 2.59 bits per heavy atom. The van der Waals surface area contributed by atoms with Crippen LogP contribution in [0, 0.1) is 11.3 Å². The van der Waals surface area contributed by atoms with E-state index in [4.69, 9.17) is 16.0 Å². The number of nitrogens with zero attached hydrogens (tertiary/aromatic N) is 1. The van der Waals surface area contributed by atoms with Crippen LogP contribution in [0.3, 0.4) is 0 Å². The number of carboxylic acid groups (broad SMARTS) is 1. The molecule has 3 aromatic rings. The lowest BCUT2D eigenvalue weighted by molar-refractivity contribution is -0.114. The molecule has 0 bridgehead atoms. The molecule has 0 spiro atoms. The van der Waals surface area contributed by atoms with Crippen molar-refractivity contribution in [3.05, 3.63) is 74.8 Å². The van der Waals surface area contributed by atoms with Gasteiger partial charge in [-0.3, -0.25) is 4.79 Å². The van der Waals surface area contributed by atoms with Gasteiger partial charge >= 0.3 is 5.97 Å². The Kier molecular flexibility index (Phi) is 5.55. The van der Waals surface area contributed by atoms with Crippen molar-refractivity contribution >= 4 is 40.8 Å². The lowest BCUT2D eigenvalue weighted by Crippen LogP contribution is -2.08. The molecule has 0 saturated carbocycles. The van der Waals surface area contributed by atoms with Crippen molar-refractivity contribution in [2.75, 3.05) is 0 Å². The molecule has 7 heteroatoms. The van der Waals surface area contributed by atoms with E-state index in [9.17, 15) is 20.0 Å². The summed E-state index contributed by atoms with van der Waals surface area (Å²) >= 11 is 7.05. The summed E-state index contributed by atoms with van der Waals surface area (Å²) in [5.41, 5.74) is 1.17. The molecular formula is C20H12ClNO4S. The maximum atomic E-state index is 12.5. The normalized spacial score (nSPS) is 11.2. The fraction of sp³-hybridized carbons (Fsp3) is 0.0500. The summed E-state index contributed by atoms with van der Waals surface area (Å²) in [7, 11) is 0. The fourth-order valence-corrected chi connectivity index (χ4v) is 3.71. The number of carbonyl (C=O) groups excluding carboxylic acids is 1. The number of ketones is 1. The molecule has 0 aliphatic heterocycles. The van der Waals surface area contributed by atoms with Crippen LogP contribution in [0.4, 0.5) is 0 Å². The summed E-state index contributed by atoms with van der Waals surface area (Å²) in [6, 6.07) is 11.9. The molecule has 0 unspecified atom stereocenters. The van der Waals surface area contributed by atoms with Crippen LogP contribution in [0.5, 0.6) is 0 Å². The average Bonchev–Trinajstić information content (AvgIpc) is 3.30. The maximum Gasteiger partial charge on any atom is 0.337 e. The Bertz CT molecular complexity index is 1060. The van der Waals surface area contributed by atoms with Crippen LogP contribution >= 0.6 is 22.9 Å². The van der Waals surface area contributed by atoms with Gasteiger partial charge in [-0.05, 0) is 35.2 Å². The van der Waals surface area contributed by atoms with Crippen LogP contribution in [-0.4, -0.2) is 16.9 Å². The van der Waals surface area contributed by atoms with Crippen molar-refractivity contribution in [2.45, 2.75) is 6.42 Å². The highest BCUT2D eigenvalue weighted by Crippen LogP contribution is 2.33. The Hall–Kier alpha value is -3.14. The van der Waals surface area contributed by atoms with Crippen molar-refractivity contribution in [1.29, 1.82) is 5.26 Å². The SMILES string of the molecule is N#C/C(=C\c1ccco1)C(=O)Cc1scc(-c2ccc(Cl)cc2)c1C(=O)O. The summed E-state index contributed by atoms with van der Waals surface area (Å²) in [6.07, 6.45) is 2.60. The van der Waals surface area contributed by atoms with E-state index in [1.807, 2.05) is 6.07 Å². The number of thiophene rings is 1. The monoisotopic (exact) mass is 397 g/mol. The molecule has 0 amide bonds. The summed E-state index contributed by atoms with van der Waals surface area (Å²) in [5, 5.41) is 21.1. The first-order valence-electron chi connectivity index (χ1n) is 7.77. The van der Waals surface area contributed by atoms with Gasteiger partial charge in [-0.25, -0.2) is 4.79 Å². The van der Waals surface area contributed by atoms with Crippen LogP contribution < -0.4 is 0 Å². The first-order chi connectivity index (χ1) is 13.0. The van der Waals surface area contributed by atoms with Gasteiger partial charge in [0.2, 0.25) is 0 Å². The van der Waals surface area contributed by atoms with Gasteiger partial charge in [-0.1, -0.05) is 23.7 Å². The Balaban J connectivity index is 1.93. The summed E-state index contributed by atoms with van der Waals surface area (Å²) in [6.45, 7) is 0. The fourth-order valence-electron chi connectivity index (χ4n) is 2.54. The van der Waals surface area contributed by atoms with Crippen LogP contribution in [0.25, 0.3) is 17.2 Å². The minimum absolute atomic E-state index is 0.0611. The summed E-state index contributed by atoms with van der Waals surface area (Å²) < 4.78 is 5.12. The second-order valence-corrected chi connectivity index (χ2v) is 6.95. The number of aromatic carboxylic acids is 1. The Morgan fingerprint density at radius 1 is 1.26 bits per heavy atom. The van der Waals surface area contributed by atoms with Gasteiger partial charge in [-0.2, -0.15) is 5.26 Å². The number of carbonyl (C=O) groups is 2. The molecule has 0 radical (unpaired) electrons. The van der Waals surface area contributed by atoms with Gasteiger partial charge in [-0.15, -0.1) is 11.3 Å². The first kappa shape index (κ1) is 18.6. The highest BCUT2D eigenvalue weighted by atomic mass is 35.5. The van der Waals surface area contributed by atoms with Crippen LogP contribution in [0.1, 0.15) is 21.0 Å². The standard InChI is InChI=1S/C20H12ClNO4S/c21-14-5-3-12(4-6-14)16-11-27-18(19(16)20(24)25)9-17(23)13(10-22)8-15-2-1-7-26-15/h1-8,11H,9H2,(H,24,25)/b13-8+. The van der Waals surface area contributed by atoms with Crippen molar-refractivity contribution in [3.63, 3.8) is 0 Å². The van der Waals surface area contributed by atoms with Gasteiger partial charge in [0, 0.05) is 28.0 Å². The smallest absolute Gasteiger partial charge is 0.337 e. The van der Waals surface area contributed by atoms with Gasteiger partial charge in [0.05, 0.1) is 17.4 Å². The highest BCUT2D eigenvalue weighted by Gasteiger charge is 2.22. The highest BCUT2D eigenvalue weighted by molar-refractivity contribution is 7.11. The number of hydrogen-bond donors (Lipinski definition) is 1. The van der Waals surface area contributed by atoms with Crippen molar-refractivity contribution in [3.8, 4) is 17.2 Å². The zero-order valence-electron chi connectivity index (χ0n) is 13.8. The van der Waals surface area contributed by atoms with E-state index in [0.717, 1.165) is 0 Å². The van der Waals surface area contributed by atoms with Crippen molar-refractivity contribution < 1.29 is 19.1 Å². The summed E-state index contributed by atoms with van der Waals surface area (Å²) in [4.78, 5) is 24.7. The molecule has 134 valence electrons. The van der Waals surface area contributed by atoms with Gasteiger partial charge in [0.1, 0.15) is 11.8 Å². The lowest BCUT2D eigenvalue weighted by Gasteiger charge is -2.04. The van der Waals surface area contributed by atoms with Crippen LogP contribution in [0.15, 0.2) is 58.0 Å². The molecule has 1 N–H and O–H groups in total. The first-order valence-corrected chi connectivity index (χ1v) is 9.03. The van der Waals surface area contributed by atoms with E-state index in [2.05, 4.69) is 0 Å². The predicted molar refractivity (Wildman–Crippen MR) is 103 cm³/mol. The second-order valence-electron chi connectivity index (χ2n) is 5.54. The number of hydrogen-bond acceptors (Lipinski definition) is 5. The Labute approximate surface area is 163 Å². The van der Waals surface area contributed by atoms with E-state index in [1.165, 1.54) is 23.7 Å². The second kappa shape index (κ2) is 8.04. The largest absolute Gasteiger partial charge is 0.478 e. The predicted octanol–water partition coefficient (Wildman–Crippen LogP) is 5.08. The average molecular weight is 398 g/mol. The van der Waals surface area contributed by atoms with Gasteiger partial charge in [0.25, 0.3) is 0 Å². The van der Waals surface area contributed by atoms with Crippen LogP contribution in [0.2, 0.25) is 5.02 Å².